The molecule has 0 saturated carbocycles. The Bertz CT molecular complexity index is 750. The van der Waals surface area contributed by atoms with Gasteiger partial charge in [-0.15, -0.1) is 0 Å². The molecule has 0 saturated heterocycles. The average Bonchev–Trinajstić information content (AvgIpc) is 3.01. The van der Waals surface area contributed by atoms with Gasteiger partial charge in [-0.2, -0.15) is 5.10 Å². The summed E-state index contributed by atoms with van der Waals surface area (Å²) in [6.45, 7) is 2.14. The second-order valence-corrected chi connectivity index (χ2v) is 4.84. The molecular weight excluding hydrogens is 266 g/mol. The van der Waals surface area contributed by atoms with E-state index >= 15 is 0 Å². The molecule has 1 aromatic carbocycles. The van der Waals surface area contributed by atoms with Crippen molar-refractivity contribution in [2.75, 3.05) is 14.2 Å². The first-order valence-corrected chi connectivity index (χ1v) is 6.74. The summed E-state index contributed by atoms with van der Waals surface area (Å²) >= 11 is 0. The first-order chi connectivity index (χ1) is 10.2. The van der Waals surface area contributed by atoms with Crippen molar-refractivity contribution >= 4 is 5.65 Å². The van der Waals surface area contributed by atoms with E-state index in [1.54, 1.807) is 20.5 Å². The van der Waals surface area contributed by atoms with Crippen LogP contribution in [0.2, 0.25) is 0 Å². The monoisotopic (exact) mass is 283 g/mol. The quantitative estimate of drug-likeness (QED) is 0.738. The van der Waals surface area contributed by atoms with Crippen molar-refractivity contribution in [1.82, 2.24) is 14.6 Å². The lowest BCUT2D eigenvalue weighted by Gasteiger charge is -2.15. The standard InChI is InChI=1S/C16H17N3O2/c1-11(12-4-6-13(20-2)7-5-12)15-8-14(21-3)9-16-17-10-18-19(15)16/h4-11H,1-3H3. The van der Waals surface area contributed by atoms with E-state index in [1.807, 2.05) is 28.8 Å². The van der Waals surface area contributed by atoms with Crippen LogP contribution in [0.5, 0.6) is 11.5 Å². The summed E-state index contributed by atoms with van der Waals surface area (Å²) in [6, 6.07) is 11.9. The summed E-state index contributed by atoms with van der Waals surface area (Å²) in [5.74, 6) is 1.79. The molecule has 1 atom stereocenters. The molecule has 5 heteroatoms. The Balaban J connectivity index is 2.07. The fraction of sp³-hybridized carbons (Fsp3) is 0.250. The third-order valence-electron chi connectivity index (χ3n) is 3.68. The van der Waals surface area contributed by atoms with Gasteiger partial charge >= 0.3 is 0 Å². The highest BCUT2D eigenvalue weighted by Crippen LogP contribution is 2.28. The van der Waals surface area contributed by atoms with Crippen molar-refractivity contribution in [2.45, 2.75) is 12.8 Å². The Labute approximate surface area is 123 Å². The van der Waals surface area contributed by atoms with Crippen molar-refractivity contribution in [3.8, 4) is 11.5 Å². The summed E-state index contributed by atoms with van der Waals surface area (Å²) in [6.07, 6.45) is 1.55. The second-order valence-electron chi connectivity index (χ2n) is 4.84. The lowest BCUT2D eigenvalue weighted by molar-refractivity contribution is 0.413. The van der Waals surface area contributed by atoms with Gasteiger partial charge in [0.2, 0.25) is 0 Å². The minimum absolute atomic E-state index is 0.162. The summed E-state index contributed by atoms with van der Waals surface area (Å²) in [5.41, 5.74) is 3.00. The highest BCUT2D eigenvalue weighted by atomic mass is 16.5. The number of benzene rings is 1. The van der Waals surface area contributed by atoms with Gasteiger partial charge in [0.1, 0.15) is 17.8 Å². The maximum atomic E-state index is 5.35. The smallest absolute Gasteiger partial charge is 0.159 e. The molecule has 0 aliphatic heterocycles. The molecule has 108 valence electrons. The Kier molecular flexibility index (Phi) is 3.48. The van der Waals surface area contributed by atoms with E-state index in [4.69, 9.17) is 9.47 Å². The van der Waals surface area contributed by atoms with Crippen LogP contribution in [0.3, 0.4) is 0 Å². The first kappa shape index (κ1) is 13.4. The van der Waals surface area contributed by atoms with Gasteiger partial charge in [0.25, 0.3) is 0 Å². The van der Waals surface area contributed by atoms with E-state index in [-0.39, 0.29) is 5.92 Å². The minimum atomic E-state index is 0.162. The minimum Gasteiger partial charge on any atom is -0.497 e. The molecule has 2 heterocycles. The Morgan fingerprint density at radius 2 is 1.71 bits per heavy atom. The van der Waals surface area contributed by atoms with Crippen molar-refractivity contribution in [3.05, 3.63) is 54.0 Å². The van der Waals surface area contributed by atoms with Gasteiger partial charge in [-0.05, 0) is 17.7 Å². The van der Waals surface area contributed by atoms with Crippen LogP contribution in [0.15, 0.2) is 42.7 Å². The number of ether oxygens (including phenoxy) is 2. The molecule has 0 aliphatic carbocycles. The zero-order valence-corrected chi connectivity index (χ0v) is 12.3. The number of aromatic nitrogens is 3. The van der Waals surface area contributed by atoms with Gasteiger partial charge in [0.05, 0.1) is 19.9 Å². The van der Waals surface area contributed by atoms with Crippen LogP contribution >= 0.6 is 0 Å². The van der Waals surface area contributed by atoms with Gasteiger partial charge in [-0.1, -0.05) is 19.1 Å². The van der Waals surface area contributed by atoms with Crippen LogP contribution in [0.25, 0.3) is 5.65 Å². The first-order valence-electron chi connectivity index (χ1n) is 6.74. The largest absolute Gasteiger partial charge is 0.497 e. The van der Waals surface area contributed by atoms with Crippen molar-refractivity contribution in [3.63, 3.8) is 0 Å². The van der Waals surface area contributed by atoms with Gasteiger partial charge in [0, 0.05) is 18.1 Å². The number of pyridine rings is 1. The topological polar surface area (TPSA) is 48.7 Å². The maximum absolute atomic E-state index is 5.35. The molecular formula is C16H17N3O2. The lowest BCUT2D eigenvalue weighted by Crippen LogP contribution is -2.05. The predicted octanol–water partition coefficient (Wildman–Crippen LogP) is 2.90. The van der Waals surface area contributed by atoms with Crippen molar-refractivity contribution < 1.29 is 9.47 Å². The molecule has 0 fully saturated rings. The van der Waals surface area contributed by atoms with Crippen LogP contribution in [-0.4, -0.2) is 28.8 Å². The van der Waals surface area contributed by atoms with E-state index < -0.39 is 0 Å². The molecule has 0 amide bonds. The van der Waals surface area contributed by atoms with Gasteiger partial charge in [-0.25, -0.2) is 9.50 Å². The van der Waals surface area contributed by atoms with Crippen molar-refractivity contribution in [2.24, 2.45) is 0 Å². The van der Waals surface area contributed by atoms with E-state index in [2.05, 4.69) is 29.1 Å². The predicted molar refractivity (Wildman–Crippen MR) is 80.1 cm³/mol. The third-order valence-corrected chi connectivity index (χ3v) is 3.68. The third kappa shape index (κ3) is 2.42. The normalized spacial score (nSPS) is 12.3. The Morgan fingerprint density at radius 1 is 1.00 bits per heavy atom. The molecule has 5 nitrogen and oxygen atoms in total. The number of fused-ring (bicyclic) bond motifs is 1. The van der Waals surface area contributed by atoms with Crippen LogP contribution < -0.4 is 9.47 Å². The second kappa shape index (κ2) is 5.44. The highest BCUT2D eigenvalue weighted by molar-refractivity contribution is 5.47. The number of hydrogen-bond acceptors (Lipinski definition) is 4. The van der Waals surface area contributed by atoms with E-state index in [0.29, 0.717) is 0 Å². The van der Waals surface area contributed by atoms with Crippen LogP contribution in [0, 0.1) is 0 Å². The Morgan fingerprint density at radius 3 is 2.38 bits per heavy atom. The van der Waals surface area contributed by atoms with Gasteiger partial charge in [-0.3, -0.25) is 0 Å². The van der Waals surface area contributed by atoms with Crippen LogP contribution in [0.1, 0.15) is 24.1 Å². The number of methoxy groups -OCH3 is 2. The van der Waals surface area contributed by atoms with E-state index in [1.165, 1.54) is 5.56 Å². The maximum Gasteiger partial charge on any atom is 0.159 e. The fourth-order valence-electron chi connectivity index (χ4n) is 2.41. The molecule has 3 rings (SSSR count). The lowest BCUT2D eigenvalue weighted by atomic mass is 9.97. The van der Waals surface area contributed by atoms with Crippen LogP contribution in [0.4, 0.5) is 0 Å². The molecule has 21 heavy (non-hydrogen) atoms. The van der Waals surface area contributed by atoms with E-state index in [9.17, 15) is 0 Å². The molecule has 0 aliphatic rings. The summed E-state index contributed by atoms with van der Waals surface area (Å²) in [4.78, 5) is 4.24. The molecule has 2 aromatic heterocycles. The fourth-order valence-corrected chi connectivity index (χ4v) is 2.41. The zero-order valence-electron chi connectivity index (χ0n) is 12.3. The van der Waals surface area contributed by atoms with Gasteiger partial charge in [0.15, 0.2) is 5.65 Å². The molecule has 0 bridgehead atoms. The average molecular weight is 283 g/mol. The SMILES string of the molecule is COc1ccc(C(C)c2cc(OC)cc3ncnn23)cc1. The van der Waals surface area contributed by atoms with E-state index in [0.717, 1.165) is 22.8 Å². The molecule has 0 spiro atoms. The molecule has 0 N–H and O–H groups in total. The van der Waals surface area contributed by atoms with Crippen LogP contribution in [-0.2, 0) is 0 Å². The molecule has 3 aromatic rings. The summed E-state index contributed by atoms with van der Waals surface area (Å²) in [7, 11) is 3.32. The highest BCUT2D eigenvalue weighted by Gasteiger charge is 2.15. The summed E-state index contributed by atoms with van der Waals surface area (Å²) in [5, 5.41) is 4.30. The molecule has 1 unspecified atom stereocenters. The summed E-state index contributed by atoms with van der Waals surface area (Å²) < 4.78 is 12.4. The number of nitrogens with zero attached hydrogens (tertiary/aromatic N) is 3. The number of rotatable bonds is 4. The molecule has 0 radical (unpaired) electrons. The van der Waals surface area contributed by atoms with Gasteiger partial charge < -0.3 is 9.47 Å². The zero-order chi connectivity index (χ0) is 14.8. The number of hydrogen-bond donors (Lipinski definition) is 0. The Hall–Kier alpha value is -2.56. The van der Waals surface area contributed by atoms with Crippen molar-refractivity contribution in [1.29, 1.82) is 0 Å².